The monoisotopic (exact) mass is 377 g/mol. The van der Waals surface area contributed by atoms with E-state index >= 15 is 0 Å². The Balaban J connectivity index is 1.91. The van der Waals surface area contributed by atoms with Crippen LogP contribution < -0.4 is 10.6 Å². The maximum absolute atomic E-state index is 11.8. The lowest BCUT2D eigenvalue weighted by atomic mass is 10.1. The Morgan fingerprint density at radius 1 is 1.12 bits per heavy atom. The Bertz CT molecular complexity index is 898. The molecule has 138 valence electrons. The number of hydrogen-bond donors (Lipinski definition) is 2. The second-order valence-corrected chi connectivity index (χ2v) is 7.66. The summed E-state index contributed by atoms with van der Waals surface area (Å²) in [6.45, 7) is 0.538. The average molecular weight is 377 g/mol. The third-order valence-electron chi connectivity index (χ3n) is 3.56. The maximum Gasteiger partial charge on any atom is 0.293 e. The van der Waals surface area contributed by atoms with Crippen LogP contribution in [-0.2, 0) is 21.1 Å². The third-order valence-corrected chi connectivity index (χ3v) is 4.67. The van der Waals surface area contributed by atoms with Crippen molar-refractivity contribution in [1.29, 1.82) is 0 Å². The van der Waals surface area contributed by atoms with Crippen LogP contribution in [0.5, 0.6) is 0 Å². The first-order chi connectivity index (χ1) is 12.3. The Morgan fingerprint density at radius 2 is 1.81 bits per heavy atom. The van der Waals surface area contributed by atoms with Crippen molar-refractivity contribution >= 4 is 27.1 Å². The van der Waals surface area contributed by atoms with Gasteiger partial charge >= 0.3 is 0 Å². The van der Waals surface area contributed by atoms with Gasteiger partial charge in [0, 0.05) is 25.4 Å². The summed E-state index contributed by atoms with van der Waals surface area (Å²) in [6.07, 6.45) is 1.24. The molecule has 0 unspecified atom stereocenters. The molecule has 0 aliphatic carbocycles. The number of rotatable bonds is 8. The van der Waals surface area contributed by atoms with Gasteiger partial charge in [-0.3, -0.25) is 14.9 Å². The quantitative estimate of drug-likeness (QED) is 0.411. The highest BCUT2D eigenvalue weighted by Gasteiger charge is 2.18. The van der Waals surface area contributed by atoms with Crippen LogP contribution in [0.25, 0.3) is 0 Å². The minimum Gasteiger partial charge on any atom is -0.378 e. The number of nitrogens with one attached hydrogen (secondary N) is 2. The summed E-state index contributed by atoms with van der Waals surface area (Å²) >= 11 is 0. The summed E-state index contributed by atoms with van der Waals surface area (Å²) in [6, 6.07) is 12.9. The molecule has 0 saturated heterocycles. The van der Waals surface area contributed by atoms with Gasteiger partial charge in [-0.05, 0) is 17.7 Å². The molecular formula is C17H19N3O5S. The van der Waals surface area contributed by atoms with Crippen LogP contribution in [0.15, 0.2) is 53.4 Å². The topological polar surface area (TPSA) is 118 Å². The fourth-order valence-electron chi connectivity index (χ4n) is 2.29. The molecule has 0 radical (unpaired) electrons. The number of carbonyl (C=O) groups excluding carboxylic acids is 1. The first kappa shape index (κ1) is 19.4. The molecule has 0 aliphatic heterocycles. The van der Waals surface area contributed by atoms with Gasteiger partial charge in [0.15, 0.2) is 9.84 Å². The normalized spacial score (nSPS) is 11.0. The van der Waals surface area contributed by atoms with Gasteiger partial charge in [-0.25, -0.2) is 8.42 Å². The lowest BCUT2D eigenvalue weighted by Crippen LogP contribution is -2.30. The number of nitro groups is 1. The van der Waals surface area contributed by atoms with Gasteiger partial charge in [0.25, 0.3) is 5.69 Å². The van der Waals surface area contributed by atoms with E-state index in [1.807, 2.05) is 30.3 Å². The molecule has 9 heteroatoms. The van der Waals surface area contributed by atoms with Gasteiger partial charge in [0.1, 0.15) is 5.69 Å². The van der Waals surface area contributed by atoms with Crippen molar-refractivity contribution in [2.75, 3.05) is 24.7 Å². The van der Waals surface area contributed by atoms with E-state index in [2.05, 4.69) is 10.6 Å². The van der Waals surface area contributed by atoms with E-state index < -0.39 is 14.8 Å². The molecule has 0 fully saturated rings. The lowest BCUT2D eigenvalue weighted by molar-refractivity contribution is -0.384. The van der Waals surface area contributed by atoms with Crippen LogP contribution in [0.1, 0.15) is 5.56 Å². The molecule has 8 nitrogen and oxygen atoms in total. The maximum atomic E-state index is 11.8. The van der Waals surface area contributed by atoms with Crippen LogP contribution in [0.3, 0.4) is 0 Å². The van der Waals surface area contributed by atoms with E-state index in [4.69, 9.17) is 0 Å². The van der Waals surface area contributed by atoms with Gasteiger partial charge in [-0.2, -0.15) is 0 Å². The Morgan fingerprint density at radius 3 is 2.42 bits per heavy atom. The summed E-state index contributed by atoms with van der Waals surface area (Å²) in [7, 11) is -3.53. The van der Waals surface area contributed by atoms with Crippen LogP contribution in [-0.4, -0.2) is 38.6 Å². The molecular weight excluding hydrogens is 358 g/mol. The summed E-state index contributed by atoms with van der Waals surface area (Å²) in [4.78, 5) is 22.2. The highest BCUT2D eigenvalue weighted by atomic mass is 32.2. The molecule has 0 spiro atoms. The number of nitro benzene ring substituents is 1. The van der Waals surface area contributed by atoms with Crippen molar-refractivity contribution < 1.29 is 18.1 Å². The molecule has 1 amide bonds. The fourth-order valence-corrected chi connectivity index (χ4v) is 2.93. The zero-order valence-corrected chi connectivity index (χ0v) is 15.0. The van der Waals surface area contributed by atoms with Crippen molar-refractivity contribution in [1.82, 2.24) is 5.32 Å². The SMILES string of the molecule is CS(=O)(=O)c1ccc(NCCNC(=O)Cc2ccccc2)c([N+](=O)[O-])c1. The molecule has 0 heterocycles. The minimum absolute atomic E-state index is 0.120. The first-order valence-corrected chi connectivity index (χ1v) is 9.69. The summed E-state index contributed by atoms with van der Waals surface area (Å²) < 4.78 is 23.0. The summed E-state index contributed by atoms with van der Waals surface area (Å²) in [5, 5.41) is 16.7. The van der Waals surface area contributed by atoms with Gasteiger partial charge < -0.3 is 10.6 Å². The van der Waals surface area contributed by atoms with Crippen LogP contribution >= 0.6 is 0 Å². The third kappa shape index (κ3) is 5.55. The molecule has 0 saturated carbocycles. The molecule has 2 rings (SSSR count). The van der Waals surface area contributed by atoms with Crippen molar-refractivity contribution in [2.45, 2.75) is 11.3 Å². The highest BCUT2D eigenvalue weighted by Crippen LogP contribution is 2.27. The van der Waals surface area contributed by atoms with Gasteiger partial charge in [0.2, 0.25) is 5.91 Å². The van der Waals surface area contributed by atoms with Crippen molar-refractivity contribution in [3.05, 3.63) is 64.2 Å². The zero-order valence-electron chi connectivity index (χ0n) is 14.1. The predicted octanol–water partition coefficient (Wildman–Crippen LogP) is 1.77. The van der Waals surface area contributed by atoms with E-state index in [0.29, 0.717) is 0 Å². The number of hydrogen-bond acceptors (Lipinski definition) is 6. The molecule has 0 atom stereocenters. The molecule has 2 aromatic rings. The van der Waals surface area contributed by atoms with E-state index in [0.717, 1.165) is 17.9 Å². The van der Waals surface area contributed by atoms with Crippen molar-refractivity contribution in [3.8, 4) is 0 Å². The zero-order chi connectivity index (χ0) is 19.2. The molecule has 2 N–H and O–H groups in total. The van der Waals surface area contributed by atoms with Gasteiger partial charge in [-0.15, -0.1) is 0 Å². The minimum atomic E-state index is -3.53. The van der Waals surface area contributed by atoms with Crippen LogP contribution in [0, 0.1) is 10.1 Å². The highest BCUT2D eigenvalue weighted by molar-refractivity contribution is 7.90. The van der Waals surface area contributed by atoms with Crippen molar-refractivity contribution in [3.63, 3.8) is 0 Å². The van der Waals surface area contributed by atoms with E-state index in [-0.39, 0.29) is 41.7 Å². The van der Waals surface area contributed by atoms with Gasteiger partial charge in [0.05, 0.1) is 16.2 Å². The summed E-state index contributed by atoms with van der Waals surface area (Å²) in [5.74, 6) is -0.153. The van der Waals surface area contributed by atoms with E-state index in [1.54, 1.807) is 0 Å². The first-order valence-electron chi connectivity index (χ1n) is 7.80. The lowest BCUT2D eigenvalue weighted by Gasteiger charge is -2.09. The second-order valence-electron chi connectivity index (χ2n) is 5.65. The number of anilines is 1. The standard InChI is InChI=1S/C17H19N3O5S/c1-26(24,25)14-7-8-15(16(12-14)20(22)23)18-9-10-19-17(21)11-13-5-3-2-4-6-13/h2-8,12,18H,9-11H2,1H3,(H,19,21). The van der Waals surface area contributed by atoms with Crippen molar-refractivity contribution in [2.24, 2.45) is 0 Å². The van der Waals surface area contributed by atoms with E-state index in [1.165, 1.54) is 12.1 Å². The second kappa shape index (κ2) is 8.43. The molecule has 0 bridgehead atoms. The number of amides is 1. The molecule has 0 aromatic heterocycles. The smallest absolute Gasteiger partial charge is 0.293 e. The van der Waals surface area contributed by atoms with E-state index in [9.17, 15) is 23.3 Å². The van der Waals surface area contributed by atoms with Crippen LogP contribution in [0.2, 0.25) is 0 Å². The fraction of sp³-hybridized carbons (Fsp3) is 0.235. The number of sulfone groups is 1. The Hall–Kier alpha value is -2.94. The number of nitrogens with zero attached hydrogens (tertiary/aromatic N) is 1. The van der Waals surface area contributed by atoms with Gasteiger partial charge in [-0.1, -0.05) is 30.3 Å². The molecule has 2 aromatic carbocycles. The Kier molecular flexibility index (Phi) is 6.29. The Labute approximate surface area is 151 Å². The summed E-state index contributed by atoms with van der Waals surface area (Å²) in [5.41, 5.74) is 0.758. The number of carbonyl (C=O) groups is 1. The molecule has 0 aliphatic rings. The largest absolute Gasteiger partial charge is 0.378 e. The molecule has 26 heavy (non-hydrogen) atoms. The number of benzene rings is 2. The average Bonchev–Trinajstić information content (AvgIpc) is 2.58. The predicted molar refractivity (Wildman–Crippen MR) is 97.9 cm³/mol. The van der Waals surface area contributed by atoms with Crippen LogP contribution in [0.4, 0.5) is 11.4 Å².